The summed E-state index contributed by atoms with van der Waals surface area (Å²) in [5, 5.41) is 2.89. The van der Waals surface area contributed by atoms with Crippen molar-refractivity contribution in [1.82, 2.24) is 14.3 Å². The molecule has 0 bridgehead atoms. The van der Waals surface area contributed by atoms with E-state index in [-0.39, 0.29) is 24.8 Å². The number of ether oxygens (including phenoxy) is 2. The van der Waals surface area contributed by atoms with Crippen LogP contribution in [0.25, 0.3) is 11.3 Å². The van der Waals surface area contributed by atoms with Crippen LogP contribution in [0.4, 0.5) is 11.5 Å². The molecule has 0 aliphatic carbocycles. The van der Waals surface area contributed by atoms with Crippen LogP contribution < -0.4 is 14.8 Å². The molecule has 0 spiro atoms. The van der Waals surface area contributed by atoms with E-state index in [1.54, 1.807) is 36.4 Å². The topological polar surface area (TPSA) is 123 Å². The van der Waals surface area contributed by atoms with Crippen molar-refractivity contribution in [3.63, 3.8) is 0 Å². The summed E-state index contributed by atoms with van der Waals surface area (Å²) in [5.41, 5.74) is 3.30. The highest BCUT2D eigenvalue weighted by atomic mass is 32.2. The van der Waals surface area contributed by atoms with Gasteiger partial charge in [0.2, 0.25) is 0 Å². The number of hydrogen-bond acceptors (Lipinski definition) is 7. The quantitative estimate of drug-likeness (QED) is 0.301. The molecule has 11 heteroatoms. The van der Waals surface area contributed by atoms with E-state index in [0.29, 0.717) is 42.3 Å². The molecule has 10 nitrogen and oxygen atoms in total. The standard InChI is InChI=1S/C29H29N5O5S/c35-29(31-25-9-11-26(12-10-25)39-16-13-22-5-2-1-3-6-22)24-8-4-7-23(19-24)27-20-30-21-28(32-27)33-40(36,37)34-14-17-38-18-15-34/h1-12,19-21H,13-18H2,(H,31,35)(H,32,33). The minimum absolute atomic E-state index is 0.0879. The summed E-state index contributed by atoms with van der Waals surface area (Å²) in [5.74, 6) is 0.514. The van der Waals surface area contributed by atoms with Gasteiger partial charge in [0.1, 0.15) is 5.75 Å². The van der Waals surface area contributed by atoms with Crippen LogP contribution in [-0.4, -0.2) is 61.5 Å². The molecule has 2 N–H and O–H groups in total. The number of rotatable bonds is 10. The Morgan fingerprint density at radius 2 is 1.73 bits per heavy atom. The Balaban J connectivity index is 1.20. The molecule has 0 unspecified atom stereocenters. The van der Waals surface area contributed by atoms with E-state index in [9.17, 15) is 13.2 Å². The molecule has 40 heavy (non-hydrogen) atoms. The maximum absolute atomic E-state index is 13.0. The second-order valence-electron chi connectivity index (χ2n) is 9.05. The van der Waals surface area contributed by atoms with Crippen molar-refractivity contribution in [2.75, 3.05) is 42.9 Å². The number of nitrogens with one attached hydrogen (secondary N) is 2. The number of benzene rings is 3. The minimum atomic E-state index is -3.79. The molecule has 206 valence electrons. The Hall–Kier alpha value is -4.32. The molecule has 3 aromatic carbocycles. The molecule has 0 atom stereocenters. The van der Waals surface area contributed by atoms with E-state index in [4.69, 9.17) is 9.47 Å². The zero-order chi connectivity index (χ0) is 27.8. The van der Waals surface area contributed by atoms with E-state index in [2.05, 4.69) is 32.1 Å². The van der Waals surface area contributed by atoms with Crippen molar-refractivity contribution in [3.8, 4) is 17.0 Å². The van der Waals surface area contributed by atoms with Crippen LogP contribution >= 0.6 is 0 Å². The van der Waals surface area contributed by atoms with Gasteiger partial charge in [-0.25, -0.2) is 4.98 Å². The largest absolute Gasteiger partial charge is 0.493 e. The van der Waals surface area contributed by atoms with E-state index >= 15 is 0 Å². The first kappa shape index (κ1) is 27.3. The predicted molar refractivity (Wildman–Crippen MR) is 152 cm³/mol. The lowest BCUT2D eigenvalue weighted by atomic mass is 10.1. The summed E-state index contributed by atoms with van der Waals surface area (Å²) in [6, 6.07) is 24.2. The zero-order valence-electron chi connectivity index (χ0n) is 21.7. The fraction of sp³-hybridized carbons (Fsp3) is 0.207. The third-order valence-corrected chi connectivity index (χ3v) is 7.73. The van der Waals surface area contributed by atoms with Gasteiger partial charge in [0, 0.05) is 36.3 Å². The van der Waals surface area contributed by atoms with Gasteiger partial charge >= 0.3 is 10.2 Å². The Kier molecular flexibility index (Phi) is 8.65. The summed E-state index contributed by atoms with van der Waals surface area (Å²) in [7, 11) is -3.79. The highest BCUT2D eigenvalue weighted by molar-refractivity contribution is 7.90. The zero-order valence-corrected chi connectivity index (χ0v) is 22.5. The smallest absolute Gasteiger partial charge is 0.303 e. The molecule has 1 aliphatic heterocycles. The van der Waals surface area contributed by atoms with Crippen molar-refractivity contribution in [1.29, 1.82) is 0 Å². The van der Waals surface area contributed by atoms with Crippen LogP contribution in [-0.2, 0) is 21.4 Å². The number of nitrogens with zero attached hydrogens (tertiary/aromatic N) is 3. The molecule has 1 amide bonds. The van der Waals surface area contributed by atoms with Crippen molar-refractivity contribution in [2.45, 2.75) is 6.42 Å². The average molecular weight is 560 g/mol. The van der Waals surface area contributed by atoms with Crippen LogP contribution in [0, 0.1) is 0 Å². The summed E-state index contributed by atoms with van der Waals surface area (Å²) >= 11 is 0. The number of aromatic nitrogens is 2. The Morgan fingerprint density at radius 3 is 2.50 bits per heavy atom. The number of anilines is 2. The minimum Gasteiger partial charge on any atom is -0.493 e. The molecule has 5 rings (SSSR count). The van der Waals surface area contributed by atoms with E-state index < -0.39 is 10.2 Å². The van der Waals surface area contributed by atoms with Crippen LogP contribution in [0.3, 0.4) is 0 Å². The third-order valence-electron chi connectivity index (χ3n) is 6.21. The molecular formula is C29H29N5O5S. The third kappa shape index (κ3) is 7.20. The maximum atomic E-state index is 13.0. The van der Waals surface area contributed by atoms with Crippen LogP contribution in [0.1, 0.15) is 15.9 Å². The summed E-state index contributed by atoms with van der Waals surface area (Å²) < 4.78 is 40.2. The SMILES string of the molecule is O=C(Nc1ccc(OCCc2ccccc2)cc1)c1cccc(-c2cncc(NS(=O)(=O)N3CCOCC3)n2)c1. The first-order valence-corrected chi connectivity index (χ1v) is 14.3. The Labute approximate surface area is 233 Å². The summed E-state index contributed by atoms with van der Waals surface area (Å²) in [6.07, 6.45) is 3.66. The fourth-order valence-electron chi connectivity index (χ4n) is 4.13. The molecule has 2 heterocycles. The first-order chi connectivity index (χ1) is 19.5. The van der Waals surface area contributed by atoms with Gasteiger partial charge in [-0.2, -0.15) is 12.7 Å². The number of carbonyl (C=O) groups is 1. The van der Waals surface area contributed by atoms with Gasteiger partial charge < -0.3 is 14.8 Å². The monoisotopic (exact) mass is 559 g/mol. The van der Waals surface area contributed by atoms with Crippen molar-refractivity contribution >= 4 is 27.6 Å². The maximum Gasteiger partial charge on any atom is 0.303 e. The van der Waals surface area contributed by atoms with Gasteiger partial charge in [-0.3, -0.25) is 14.5 Å². The van der Waals surface area contributed by atoms with Gasteiger partial charge in [-0.05, 0) is 42.0 Å². The number of carbonyl (C=O) groups excluding carboxylic acids is 1. The van der Waals surface area contributed by atoms with Crippen LogP contribution in [0.2, 0.25) is 0 Å². The van der Waals surface area contributed by atoms with E-state index in [1.807, 2.05) is 30.3 Å². The van der Waals surface area contributed by atoms with Gasteiger partial charge in [0.05, 0.1) is 37.9 Å². The van der Waals surface area contributed by atoms with E-state index in [1.165, 1.54) is 22.3 Å². The first-order valence-electron chi connectivity index (χ1n) is 12.8. The molecular weight excluding hydrogens is 530 g/mol. The molecule has 4 aromatic rings. The number of hydrogen-bond donors (Lipinski definition) is 2. The number of morpholine rings is 1. The van der Waals surface area contributed by atoms with Crippen LogP contribution in [0.5, 0.6) is 5.75 Å². The highest BCUT2D eigenvalue weighted by Gasteiger charge is 2.24. The second-order valence-corrected chi connectivity index (χ2v) is 10.7. The molecule has 0 saturated carbocycles. The second kappa shape index (κ2) is 12.7. The van der Waals surface area contributed by atoms with Gasteiger partial charge in [-0.1, -0.05) is 42.5 Å². The molecule has 1 aromatic heterocycles. The Morgan fingerprint density at radius 1 is 0.950 bits per heavy atom. The summed E-state index contributed by atoms with van der Waals surface area (Å²) in [4.78, 5) is 21.5. The average Bonchev–Trinajstić information content (AvgIpc) is 2.99. The van der Waals surface area contributed by atoms with Gasteiger partial charge in [0.15, 0.2) is 5.82 Å². The van der Waals surface area contributed by atoms with Crippen molar-refractivity contribution in [2.24, 2.45) is 0 Å². The van der Waals surface area contributed by atoms with Gasteiger partial charge in [-0.15, -0.1) is 0 Å². The fourth-order valence-corrected chi connectivity index (χ4v) is 5.25. The van der Waals surface area contributed by atoms with Crippen molar-refractivity contribution < 1.29 is 22.7 Å². The highest BCUT2D eigenvalue weighted by Crippen LogP contribution is 2.22. The normalized spacial score (nSPS) is 13.9. The van der Waals surface area contributed by atoms with Crippen LogP contribution in [0.15, 0.2) is 91.3 Å². The summed E-state index contributed by atoms with van der Waals surface area (Å²) in [6.45, 7) is 1.77. The van der Waals surface area contributed by atoms with Crippen molar-refractivity contribution in [3.05, 3.63) is 102 Å². The lowest BCUT2D eigenvalue weighted by molar-refractivity contribution is 0.0733. The lowest BCUT2D eigenvalue weighted by Gasteiger charge is -2.26. The molecule has 1 saturated heterocycles. The molecule has 1 fully saturated rings. The Bertz CT molecular complexity index is 1540. The van der Waals surface area contributed by atoms with Gasteiger partial charge in [0.25, 0.3) is 5.91 Å². The predicted octanol–water partition coefficient (Wildman–Crippen LogP) is 4.01. The van der Waals surface area contributed by atoms with E-state index in [0.717, 1.165) is 12.2 Å². The molecule has 0 radical (unpaired) electrons. The lowest BCUT2D eigenvalue weighted by Crippen LogP contribution is -2.43. The molecule has 1 aliphatic rings. The number of amides is 1.